The topological polar surface area (TPSA) is 69.6 Å². The molecule has 0 atom stereocenters. The highest BCUT2D eigenvalue weighted by atomic mass is 16.4. The molecule has 0 bridgehead atoms. The predicted molar refractivity (Wildman–Crippen MR) is 84.2 cm³/mol. The number of carboxylic acids is 1. The molecular formula is C15H26N4O2. The van der Waals surface area contributed by atoms with Gasteiger partial charge in [0.05, 0.1) is 5.69 Å². The summed E-state index contributed by atoms with van der Waals surface area (Å²) >= 11 is 0. The summed E-state index contributed by atoms with van der Waals surface area (Å²) in [4.78, 5) is 15.6. The SMILES string of the molecule is CCc1nnc(N(C)CCCN(C)C)c(C(=O)O)c1CC. The van der Waals surface area contributed by atoms with Gasteiger partial charge in [-0.3, -0.25) is 0 Å². The Balaban J connectivity index is 3.08. The fourth-order valence-electron chi connectivity index (χ4n) is 2.38. The average Bonchev–Trinajstić information content (AvgIpc) is 2.44. The number of aryl methyl sites for hydroxylation is 1. The molecule has 6 heteroatoms. The van der Waals surface area contributed by atoms with E-state index in [-0.39, 0.29) is 0 Å². The lowest BCUT2D eigenvalue weighted by atomic mass is 10.0. The van der Waals surface area contributed by atoms with Crippen LogP contribution in [0.1, 0.15) is 41.9 Å². The van der Waals surface area contributed by atoms with Crippen LogP contribution in [0.5, 0.6) is 0 Å². The maximum atomic E-state index is 11.7. The highest BCUT2D eigenvalue weighted by Crippen LogP contribution is 2.23. The Labute approximate surface area is 126 Å². The van der Waals surface area contributed by atoms with Gasteiger partial charge in [-0.25, -0.2) is 4.79 Å². The third kappa shape index (κ3) is 4.39. The predicted octanol–water partition coefficient (Wildman–Crippen LogP) is 1.69. The summed E-state index contributed by atoms with van der Waals surface area (Å²) in [6.45, 7) is 5.63. The summed E-state index contributed by atoms with van der Waals surface area (Å²) in [6, 6.07) is 0. The van der Waals surface area contributed by atoms with Crippen LogP contribution in [-0.2, 0) is 12.8 Å². The third-order valence-corrected chi connectivity index (χ3v) is 3.50. The molecule has 0 aromatic carbocycles. The summed E-state index contributed by atoms with van der Waals surface area (Å²) in [6.07, 6.45) is 2.29. The quantitative estimate of drug-likeness (QED) is 0.787. The highest BCUT2D eigenvalue weighted by Gasteiger charge is 2.22. The van der Waals surface area contributed by atoms with E-state index in [0.717, 1.165) is 30.8 Å². The van der Waals surface area contributed by atoms with Crippen molar-refractivity contribution in [2.24, 2.45) is 0 Å². The van der Waals surface area contributed by atoms with E-state index in [4.69, 9.17) is 0 Å². The van der Waals surface area contributed by atoms with Crippen molar-refractivity contribution < 1.29 is 9.90 Å². The van der Waals surface area contributed by atoms with Crippen molar-refractivity contribution in [3.63, 3.8) is 0 Å². The minimum atomic E-state index is -0.925. The first kappa shape index (κ1) is 17.4. The lowest BCUT2D eigenvalue weighted by molar-refractivity contribution is 0.0695. The molecule has 1 heterocycles. The number of aromatic nitrogens is 2. The van der Waals surface area contributed by atoms with Crippen molar-refractivity contribution in [1.82, 2.24) is 15.1 Å². The molecule has 0 spiro atoms. The molecule has 0 radical (unpaired) electrons. The second kappa shape index (κ2) is 7.93. The molecule has 0 aliphatic rings. The number of hydrogen-bond acceptors (Lipinski definition) is 5. The van der Waals surface area contributed by atoms with Gasteiger partial charge in [0.25, 0.3) is 0 Å². The Morgan fingerprint density at radius 1 is 1.10 bits per heavy atom. The van der Waals surface area contributed by atoms with Crippen molar-refractivity contribution in [2.75, 3.05) is 39.1 Å². The molecule has 118 valence electrons. The average molecular weight is 294 g/mol. The van der Waals surface area contributed by atoms with Gasteiger partial charge in [-0.2, -0.15) is 5.10 Å². The maximum absolute atomic E-state index is 11.7. The van der Waals surface area contributed by atoms with E-state index in [2.05, 4.69) is 15.1 Å². The maximum Gasteiger partial charge on any atom is 0.339 e. The zero-order chi connectivity index (χ0) is 16.0. The van der Waals surface area contributed by atoms with Crippen LogP contribution in [0.4, 0.5) is 5.82 Å². The summed E-state index contributed by atoms with van der Waals surface area (Å²) < 4.78 is 0. The first-order valence-electron chi connectivity index (χ1n) is 7.39. The van der Waals surface area contributed by atoms with E-state index in [9.17, 15) is 9.90 Å². The number of rotatable bonds is 8. The van der Waals surface area contributed by atoms with Crippen LogP contribution in [0.2, 0.25) is 0 Å². The van der Waals surface area contributed by atoms with E-state index in [1.165, 1.54) is 0 Å². The van der Waals surface area contributed by atoms with Crippen molar-refractivity contribution in [3.8, 4) is 0 Å². The molecule has 1 aromatic rings. The van der Waals surface area contributed by atoms with Crippen LogP contribution in [0, 0.1) is 0 Å². The lowest BCUT2D eigenvalue weighted by Gasteiger charge is -2.22. The second-order valence-electron chi connectivity index (χ2n) is 5.41. The van der Waals surface area contributed by atoms with Crippen molar-refractivity contribution >= 4 is 11.8 Å². The molecule has 0 unspecified atom stereocenters. The van der Waals surface area contributed by atoms with Crippen molar-refractivity contribution in [1.29, 1.82) is 0 Å². The molecule has 0 aliphatic heterocycles. The normalized spacial score (nSPS) is 11.0. The lowest BCUT2D eigenvalue weighted by Crippen LogP contribution is -2.27. The van der Waals surface area contributed by atoms with Crippen LogP contribution in [0.25, 0.3) is 0 Å². The number of anilines is 1. The number of hydrogen-bond donors (Lipinski definition) is 1. The van der Waals surface area contributed by atoms with E-state index < -0.39 is 5.97 Å². The minimum Gasteiger partial charge on any atom is -0.478 e. The fourth-order valence-corrected chi connectivity index (χ4v) is 2.38. The van der Waals surface area contributed by atoms with Crippen LogP contribution in [0.3, 0.4) is 0 Å². The first-order chi connectivity index (χ1) is 9.92. The van der Waals surface area contributed by atoms with Gasteiger partial charge in [-0.05, 0) is 45.5 Å². The van der Waals surface area contributed by atoms with Crippen LogP contribution in [-0.4, -0.2) is 60.4 Å². The third-order valence-electron chi connectivity index (χ3n) is 3.50. The molecule has 0 saturated heterocycles. The van der Waals surface area contributed by atoms with Gasteiger partial charge < -0.3 is 14.9 Å². The Hall–Kier alpha value is -1.69. The molecule has 1 aromatic heterocycles. The molecule has 0 aliphatic carbocycles. The zero-order valence-corrected chi connectivity index (χ0v) is 13.7. The molecule has 21 heavy (non-hydrogen) atoms. The molecule has 0 fully saturated rings. The molecule has 0 saturated carbocycles. The van der Waals surface area contributed by atoms with E-state index >= 15 is 0 Å². The van der Waals surface area contributed by atoms with Crippen LogP contribution < -0.4 is 4.90 Å². The summed E-state index contributed by atoms with van der Waals surface area (Å²) in [7, 11) is 5.92. The molecule has 6 nitrogen and oxygen atoms in total. The van der Waals surface area contributed by atoms with Gasteiger partial charge in [-0.15, -0.1) is 5.10 Å². The Morgan fingerprint density at radius 3 is 2.24 bits per heavy atom. The Bertz CT molecular complexity index is 489. The number of carboxylic acid groups (broad SMARTS) is 1. The zero-order valence-electron chi connectivity index (χ0n) is 13.7. The molecular weight excluding hydrogens is 268 g/mol. The van der Waals surface area contributed by atoms with Gasteiger partial charge in [0, 0.05) is 13.6 Å². The standard InChI is InChI=1S/C15H26N4O2/c1-6-11-12(7-2)16-17-14(13(11)15(20)21)19(5)10-8-9-18(3)4/h6-10H2,1-5H3,(H,20,21). The number of nitrogens with zero attached hydrogens (tertiary/aromatic N) is 4. The smallest absolute Gasteiger partial charge is 0.339 e. The van der Waals surface area contributed by atoms with E-state index in [1.54, 1.807) is 0 Å². The van der Waals surface area contributed by atoms with Crippen LogP contribution in [0.15, 0.2) is 0 Å². The largest absolute Gasteiger partial charge is 0.478 e. The Kier molecular flexibility index (Phi) is 6.55. The molecule has 0 amide bonds. The number of carbonyl (C=O) groups is 1. The summed E-state index contributed by atoms with van der Waals surface area (Å²) in [5.41, 5.74) is 1.88. The summed E-state index contributed by atoms with van der Waals surface area (Å²) in [5.74, 6) is -0.457. The fraction of sp³-hybridized carbons (Fsp3) is 0.667. The van der Waals surface area contributed by atoms with E-state index in [1.807, 2.05) is 39.9 Å². The van der Waals surface area contributed by atoms with Gasteiger partial charge in [0.15, 0.2) is 5.82 Å². The van der Waals surface area contributed by atoms with Gasteiger partial charge in [0.1, 0.15) is 5.56 Å². The van der Waals surface area contributed by atoms with Gasteiger partial charge >= 0.3 is 5.97 Å². The van der Waals surface area contributed by atoms with Crippen molar-refractivity contribution in [2.45, 2.75) is 33.1 Å². The summed E-state index contributed by atoms with van der Waals surface area (Å²) in [5, 5.41) is 17.9. The van der Waals surface area contributed by atoms with Crippen molar-refractivity contribution in [3.05, 3.63) is 16.8 Å². The molecule has 1 rings (SSSR count). The van der Waals surface area contributed by atoms with Crippen LogP contribution >= 0.6 is 0 Å². The highest BCUT2D eigenvalue weighted by molar-refractivity contribution is 5.95. The van der Waals surface area contributed by atoms with E-state index in [0.29, 0.717) is 24.2 Å². The molecule has 1 N–H and O–H groups in total. The second-order valence-corrected chi connectivity index (χ2v) is 5.41. The Morgan fingerprint density at radius 2 is 1.76 bits per heavy atom. The number of aromatic carboxylic acids is 1. The monoisotopic (exact) mass is 294 g/mol. The first-order valence-corrected chi connectivity index (χ1v) is 7.39. The van der Waals surface area contributed by atoms with Gasteiger partial charge in [-0.1, -0.05) is 13.8 Å². The minimum absolute atomic E-state index is 0.303. The van der Waals surface area contributed by atoms with Gasteiger partial charge in [0.2, 0.25) is 0 Å².